The topological polar surface area (TPSA) is 100 Å². The number of aromatic nitrogens is 1. The van der Waals surface area contributed by atoms with Crippen LogP contribution in [0.4, 0.5) is 5.69 Å². The van der Waals surface area contributed by atoms with Gasteiger partial charge in [-0.25, -0.2) is 8.42 Å². The van der Waals surface area contributed by atoms with Crippen LogP contribution >= 0.6 is 11.8 Å². The molecular formula is C18H18N4O2S2. The summed E-state index contributed by atoms with van der Waals surface area (Å²) in [5, 5.41) is 8.57. The van der Waals surface area contributed by atoms with E-state index in [1.807, 2.05) is 12.1 Å². The average Bonchev–Trinajstić information content (AvgIpc) is 2.64. The highest BCUT2D eigenvalue weighted by atomic mass is 32.2. The molecule has 0 radical (unpaired) electrons. The molecule has 26 heavy (non-hydrogen) atoms. The van der Waals surface area contributed by atoms with E-state index in [0.29, 0.717) is 36.4 Å². The summed E-state index contributed by atoms with van der Waals surface area (Å²) in [5.74, 6) is 0.693. The van der Waals surface area contributed by atoms with Crippen molar-refractivity contribution in [2.45, 2.75) is 29.0 Å². The molecule has 134 valence electrons. The molecule has 2 heterocycles. The van der Waals surface area contributed by atoms with E-state index in [4.69, 9.17) is 11.0 Å². The number of nitriles is 1. The monoisotopic (exact) mass is 386 g/mol. The Morgan fingerprint density at radius 1 is 1.23 bits per heavy atom. The van der Waals surface area contributed by atoms with E-state index in [-0.39, 0.29) is 6.04 Å². The normalized spacial score (nSPS) is 22.2. The fourth-order valence-electron chi connectivity index (χ4n) is 3.34. The summed E-state index contributed by atoms with van der Waals surface area (Å²) >= 11 is 1.64. The molecule has 8 heteroatoms. The molecule has 1 fully saturated rings. The number of sulfonamides is 1. The second-order valence-corrected chi connectivity index (χ2v) is 9.79. The second-order valence-electron chi connectivity index (χ2n) is 6.54. The quantitative estimate of drug-likeness (QED) is 0.869. The molecule has 0 bridgehead atoms. The lowest BCUT2D eigenvalue weighted by Crippen LogP contribution is -2.51. The minimum Gasteiger partial charge on any atom is -0.328 e. The van der Waals surface area contributed by atoms with Gasteiger partial charge in [0.1, 0.15) is 0 Å². The molecule has 0 spiro atoms. The molecule has 2 aliphatic rings. The van der Waals surface area contributed by atoms with E-state index in [1.54, 1.807) is 36.3 Å². The highest BCUT2D eigenvalue weighted by molar-refractivity contribution is 8.00. The third-order valence-electron chi connectivity index (χ3n) is 4.87. The van der Waals surface area contributed by atoms with Crippen molar-refractivity contribution in [3.8, 4) is 17.2 Å². The van der Waals surface area contributed by atoms with Crippen molar-refractivity contribution in [3.05, 3.63) is 42.2 Å². The van der Waals surface area contributed by atoms with Gasteiger partial charge in [0.2, 0.25) is 10.0 Å². The molecule has 2 N–H and O–H groups in total. The van der Waals surface area contributed by atoms with Crippen LogP contribution in [0.1, 0.15) is 18.4 Å². The lowest BCUT2D eigenvalue weighted by Gasteiger charge is -2.39. The predicted octanol–water partition coefficient (Wildman–Crippen LogP) is 2.35. The van der Waals surface area contributed by atoms with Crippen LogP contribution in [0.5, 0.6) is 0 Å². The van der Waals surface area contributed by atoms with Crippen LogP contribution in [0.25, 0.3) is 11.1 Å². The first-order valence-electron chi connectivity index (χ1n) is 8.39. The summed E-state index contributed by atoms with van der Waals surface area (Å²) in [7, 11) is -3.42. The van der Waals surface area contributed by atoms with Crippen molar-refractivity contribution in [2.24, 2.45) is 5.73 Å². The molecule has 1 aromatic heterocycles. The van der Waals surface area contributed by atoms with Gasteiger partial charge in [-0.2, -0.15) is 5.26 Å². The van der Waals surface area contributed by atoms with Crippen LogP contribution in [0.15, 0.2) is 41.6 Å². The average molecular weight is 387 g/mol. The Labute approximate surface area is 157 Å². The zero-order valence-corrected chi connectivity index (χ0v) is 15.6. The van der Waals surface area contributed by atoms with Gasteiger partial charge in [-0.1, -0.05) is 12.1 Å². The first kappa shape index (κ1) is 17.3. The van der Waals surface area contributed by atoms with Crippen molar-refractivity contribution in [1.29, 1.82) is 5.26 Å². The van der Waals surface area contributed by atoms with E-state index in [2.05, 4.69) is 11.1 Å². The van der Waals surface area contributed by atoms with Gasteiger partial charge in [0.15, 0.2) is 0 Å². The summed E-state index contributed by atoms with van der Waals surface area (Å²) in [6.07, 6.45) is 4.42. The Kier molecular flexibility index (Phi) is 4.39. The Morgan fingerprint density at radius 2 is 1.96 bits per heavy atom. The maximum absolute atomic E-state index is 13.0. The van der Waals surface area contributed by atoms with Gasteiger partial charge in [-0.05, 0) is 30.5 Å². The number of hydrogen-bond donors (Lipinski definition) is 1. The van der Waals surface area contributed by atoms with Gasteiger partial charge in [0.25, 0.3) is 0 Å². The number of thioether (sulfide) groups is 1. The van der Waals surface area contributed by atoms with Crippen LogP contribution in [0.2, 0.25) is 0 Å². The van der Waals surface area contributed by atoms with E-state index in [1.165, 1.54) is 4.31 Å². The van der Waals surface area contributed by atoms with Crippen LogP contribution in [0, 0.1) is 11.3 Å². The number of nitrogens with zero attached hydrogens (tertiary/aromatic N) is 3. The SMILES string of the molecule is N#Cc1ccc(-c2cncc3c2SCCN3S(=O)(=O)C2CC(N)C2)cc1. The summed E-state index contributed by atoms with van der Waals surface area (Å²) in [5.41, 5.74) is 8.83. The van der Waals surface area contributed by atoms with Gasteiger partial charge < -0.3 is 5.73 Å². The lowest BCUT2D eigenvalue weighted by atomic mass is 9.94. The summed E-state index contributed by atoms with van der Waals surface area (Å²) in [6, 6.07) is 9.34. The number of anilines is 1. The molecular weight excluding hydrogens is 368 g/mol. The first-order chi connectivity index (χ1) is 12.5. The fourth-order valence-corrected chi connectivity index (χ4v) is 6.73. The van der Waals surface area contributed by atoms with Crippen LogP contribution in [-0.2, 0) is 10.0 Å². The molecule has 1 aliphatic carbocycles. The molecule has 1 saturated carbocycles. The Morgan fingerprint density at radius 3 is 2.62 bits per heavy atom. The zero-order chi connectivity index (χ0) is 18.3. The minimum absolute atomic E-state index is 0.0171. The van der Waals surface area contributed by atoms with Crippen molar-refractivity contribution >= 4 is 27.5 Å². The number of fused-ring (bicyclic) bond motifs is 1. The lowest BCUT2D eigenvalue weighted by molar-refractivity contribution is 0.408. The maximum atomic E-state index is 13.0. The summed E-state index contributed by atoms with van der Waals surface area (Å²) in [4.78, 5) is 5.21. The van der Waals surface area contributed by atoms with E-state index in [0.717, 1.165) is 16.0 Å². The van der Waals surface area contributed by atoms with E-state index < -0.39 is 15.3 Å². The molecule has 0 unspecified atom stereocenters. The minimum atomic E-state index is -3.42. The van der Waals surface area contributed by atoms with Crippen LogP contribution < -0.4 is 10.0 Å². The number of benzene rings is 1. The van der Waals surface area contributed by atoms with Crippen LogP contribution in [-0.4, -0.2) is 37.0 Å². The van der Waals surface area contributed by atoms with Crippen molar-refractivity contribution in [3.63, 3.8) is 0 Å². The molecule has 1 aromatic carbocycles. The summed E-state index contributed by atoms with van der Waals surface area (Å²) in [6.45, 7) is 0.449. The summed E-state index contributed by atoms with van der Waals surface area (Å²) < 4.78 is 27.5. The third-order valence-corrected chi connectivity index (χ3v) is 8.20. The van der Waals surface area contributed by atoms with E-state index >= 15 is 0 Å². The van der Waals surface area contributed by atoms with Gasteiger partial charge in [0, 0.05) is 35.0 Å². The fraction of sp³-hybridized carbons (Fsp3) is 0.333. The molecule has 0 saturated heterocycles. The smallest absolute Gasteiger partial charge is 0.238 e. The zero-order valence-electron chi connectivity index (χ0n) is 14.0. The van der Waals surface area contributed by atoms with Crippen molar-refractivity contribution in [2.75, 3.05) is 16.6 Å². The largest absolute Gasteiger partial charge is 0.328 e. The molecule has 6 nitrogen and oxygen atoms in total. The predicted molar refractivity (Wildman–Crippen MR) is 102 cm³/mol. The Hall–Kier alpha value is -2.08. The number of pyridine rings is 1. The Balaban J connectivity index is 1.75. The van der Waals surface area contributed by atoms with Gasteiger partial charge in [-0.3, -0.25) is 9.29 Å². The molecule has 4 rings (SSSR count). The molecule has 0 atom stereocenters. The first-order valence-corrected chi connectivity index (χ1v) is 10.9. The Bertz CT molecular complexity index is 977. The van der Waals surface area contributed by atoms with Crippen molar-refractivity contribution in [1.82, 2.24) is 4.98 Å². The van der Waals surface area contributed by atoms with Gasteiger partial charge >= 0.3 is 0 Å². The number of hydrogen-bond acceptors (Lipinski definition) is 6. The van der Waals surface area contributed by atoms with Gasteiger partial charge in [-0.15, -0.1) is 11.8 Å². The second kappa shape index (κ2) is 6.58. The number of nitrogens with two attached hydrogens (primary N) is 1. The third kappa shape index (κ3) is 2.86. The molecule has 0 amide bonds. The number of rotatable bonds is 3. The molecule has 2 aromatic rings. The van der Waals surface area contributed by atoms with E-state index in [9.17, 15) is 8.42 Å². The highest BCUT2D eigenvalue weighted by Crippen LogP contribution is 2.43. The standard InChI is InChI=1S/C18H18N4O2S2/c19-9-12-1-3-13(4-2-12)16-10-21-11-17-18(16)25-6-5-22(17)26(23,24)15-7-14(20)8-15/h1-4,10-11,14-15H,5-8,20H2. The molecule has 1 aliphatic heterocycles. The highest BCUT2D eigenvalue weighted by Gasteiger charge is 2.42. The maximum Gasteiger partial charge on any atom is 0.238 e. The van der Waals surface area contributed by atoms with Crippen LogP contribution in [0.3, 0.4) is 0 Å². The van der Waals surface area contributed by atoms with Crippen molar-refractivity contribution < 1.29 is 8.42 Å². The van der Waals surface area contributed by atoms with Gasteiger partial charge in [0.05, 0.1) is 28.8 Å².